The second-order valence-corrected chi connectivity index (χ2v) is 5.30. The van der Waals surface area contributed by atoms with E-state index in [9.17, 15) is 4.79 Å². The van der Waals surface area contributed by atoms with E-state index >= 15 is 0 Å². The maximum atomic E-state index is 12.6. The van der Waals surface area contributed by atoms with Gasteiger partial charge in [0.25, 0.3) is 0 Å². The molecule has 0 aliphatic carbocycles. The fourth-order valence-corrected chi connectivity index (χ4v) is 2.78. The minimum absolute atomic E-state index is 0.196. The molecule has 2 aromatic carbocycles. The molecule has 0 fully saturated rings. The van der Waals surface area contributed by atoms with Crippen LogP contribution in [0.1, 0.15) is 0 Å². The first kappa shape index (κ1) is 14.3. The Morgan fingerprint density at radius 3 is 2.71 bits per heavy atom. The molecule has 1 N–H and O–H groups in total. The molecule has 6 heteroatoms. The van der Waals surface area contributed by atoms with Crippen LogP contribution in [0.4, 0.5) is 0 Å². The van der Waals surface area contributed by atoms with Gasteiger partial charge in [-0.2, -0.15) is 5.10 Å². The van der Waals surface area contributed by atoms with Crippen LogP contribution in [0.5, 0.6) is 11.5 Å². The fourth-order valence-electron chi connectivity index (χ4n) is 2.78. The summed E-state index contributed by atoms with van der Waals surface area (Å²) in [6, 6.07) is 12.4. The zero-order valence-corrected chi connectivity index (χ0v) is 13.1. The lowest BCUT2D eigenvalue weighted by Crippen LogP contribution is -2.03. The van der Waals surface area contributed by atoms with Gasteiger partial charge >= 0.3 is 0 Å². The Morgan fingerprint density at radius 2 is 1.92 bits per heavy atom. The van der Waals surface area contributed by atoms with Gasteiger partial charge in [0.2, 0.25) is 0 Å². The summed E-state index contributed by atoms with van der Waals surface area (Å²) in [6.45, 7) is 0. The average Bonchev–Trinajstić information content (AvgIpc) is 3.04. The summed E-state index contributed by atoms with van der Waals surface area (Å²) >= 11 is 0. The molecule has 0 aliphatic rings. The Labute approximate surface area is 136 Å². The maximum Gasteiger partial charge on any atom is 0.197 e. The van der Waals surface area contributed by atoms with Crippen molar-refractivity contribution in [2.75, 3.05) is 14.2 Å². The number of para-hydroxylation sites is 1. The molecule has 0 spiro atoms. The molecular weight excluding hydrogens is 308 g/mol. The van der Waals surface area contributed by atoms with E-state index in [1.165, 1.54) is 13.2 Å². The second-order valence-electron chi connectivity index (χ2n) is 5.30. The number of rotatable bonds is 3. The van der Waals surface area contributed by atoms with Crippen LogP contribution in [-0.4, -0.2) is 24.4 Å². The van der Waals surface area contributed by atoms with Gasteiger partial charge in [-0.3, -0.25) is 9.89 Å². The quantitative estimate of drug-likeness (QED) is 0.626. The molecule has 0 amide bonds. The lowest BCUT2D eigenvalue weighted by Gasteiger charge is -2.08. The number of aromatic amines is 1. The van der Waals surface area contributed by atoms with Crippen LogP contribution in [0, 0.1) is 0 Å². The number of fused-ring (bicyclic) bond motifs is 2. The Morgan fingerprint density at radius 1 is 1.08 bits per heavy atom. The SMILES string of the molecule is COc1cc(OC)c2c(=O)cc(-c3n[nH]c4ccccc34)oc2c1. The standard InChI is InChI=1S/C18H14N2O4/c1-22-10-7-14(23-2)17-13(21)9-16(24-15(17)8-10)18-11-5-3-4-6-12(11)19-20-18/h3-9H,1-2H3,(H,19,20). The smallest absolute Gasteiger partial charge is 0.197 e. The Kier molecular flexibility index (Phi) is 3.23. The van der Waals surface area contributed by atoms with Gasteiger partial charge in [0.15, 0.2) is 11.2 Å². The van der Waals surface area contributed by atoms with E-state index in [2.05, 4.69) is 10.2 Å². The first-order valence-electron chi connectivity index (χ1n) is 7.34. The molecule has 0 aliphatic heterocycles. The number of nitrogens with zero attached hydrogens (tertiary/aromatic N) is 1. The summed E-state index contributed by atoms with van der Waals surface area (Å²) in [7, 11) is 3.05. The van der Waals surface area contributed by atoms with Gasteiger partial charge in [-0.05, 0) is 6.07 Å². The van der Waals surface area contributed by atoms with E-state index in [0.29, 0.717) is 33.9 Å². The molecule has 6 nitrogen and oxygen atoms in total. The molecule has 0 atom stereocenters. The average molecular weight is 322 g/mol. The zero-order chi connectivity index (χ0) is 16.7. The minimum Gasteiger partial charge on any atom is -0.496 e. The predicted molar refractivity (Wildman–Crippen MR) is 90.7 cm³/mol. The van der Waals surface area contributed by atoms with Crippen LogP contribution in [0.15, 0.2) is 51.7 Å². The van der Waals surface area contributed by atoms with E-state index in [4.69, 9.17) is 13.9 Å². The highest BCUT2D eigenvalue weighted by Crippen LogP contribution is 2.32. The number of benzene rings is 2. The monoisotopic (exact) mass is 322 g/mol. The summed E-state index contributed by atoms with van der Waals surface area (Å²) in [5, 5.41) is 8.48. The van der Waals surface area contributed by atoms with Crippen molar-refractivity contribution in [2.45, 2.75) is 0 Å². The number of hydrogen-bond donors (Lipinski definition) is 1. The molecule has 2 aromatic heterocycles. The summed E-state index contributed by atoms with van der Waals surface area (Å²) in [5.41, 5.74) is 1.66. The first-order valence-corrected chi connectivity index (χ1v) is 7.34. The van der Waals surface area contributed by atoms with Gasteiger partial charge < -0.3 is 13.9 Å². The summed E-state index contributed by atoms with van der Waals surface area (Å²) < 4.78 is 16.5. The van der Waals surface area contributed by atoms with Crippen LogP contribution < -0.4 is 14.9 Å². The van der Waals surface area contributed by atoms with Crippen molar-refractivity contribution in [1.29, 1.82) is 0 Å². The molecule has 4 aromatic rings. The highest BCUT2D eigenvalue weighted by atomic mass is 16.5. The van der Waals surface area contributed by atoms with Crippen LogP contribution in [0.3, 0.4) is 0 Å². The molecule has 0 radical (unpaired) electrons. The van der Waals surface area contributed by atoms with E-state index in [0.717, 1.165) is 10.9 Å². The third-order valence-corrected chi connectivity index (χ3v) is 3.93. The third kappa shape index (κ3) is 2.11. The van der Waals surface area contributed by atoms with E-state index in [1.807, 2.05) is 24.3 Å². The Hall–Kier alpha value is -3.28. The van der Waals surface area contributed by atoms with E-state index < -0.39 is 0 Å². The number of nitrogens with one attached hydrogen (secondary N) is 1. The summed E-state index contributed by atoms with van der Waals surface area (Å²) in [6.07, 6.45) is 0. The van der Waals surface area contributed by atoms with Gasteiger partial charge in [0.1, 0.15) is 28.2 Å². The van der Waals surface area contributed by atoms with Crippen molar-refractivity contribution in [3.05, 3.63) is 52.7 Å². The van der Waals surface area contributed by atoms with Gasteiger partial charge in [0.05, 0.1) is 19.7 Å². The first-order chi connectivity index (χ1) is 11.7. The van der Waals surface area contributed by atoms with Crippen molar-refractivity contribution in [3.8, 4) is 23.0 Å². The van der Waals surface area contributed by atoms with Crippen molar-refractivity contribution in [3.63, 3.8) is 0 Å². The molecule has 0 saturated heterocycles. The molecule has 0 bridgehead atoms. The van der Waals surface area contributed by atoms with Gasteiger partial charge in [-0.1, -0.05) is 18.2 Å². The normalized spacial score (nSPS) is 11.1. The van der Waals surface area contributed by atoms with Gasteiger partial charge in [-0.25, -0.2) is 0 Å². The number of ether oxygens (including phenoxy) is 2. The van der Waals surface area contributed by atoms with E-state index in [1.54, 1.807) is 19.2 Å². The molecule has 120 valence electrons. The second kappa shape index (κ2) is 5.42. The Bertz CT molecular complexity index is 1110. The van der Waals surface area contributed by atoms with Crippen molar-refractivity contribution >= 4 is 21.9 Å². The maximum absolute atomic E-state index is 12.6. The number of H-pyrrole nitrogens is 1. The largest absolute Gasteiger partial charge is 0.496 e. The number of aromatic nitrogens is 2. The topological polar surface area (TPSA) is 77.4 Å². The van der Waals surface area contributed by atoms with Crippen LogP contribution >= 0.6 is 0 Å². The van der Waals surface area contributed by atoms with Crippen LogP contribution in [-0.2, 0) is 0 Å². The molecule has 24 heavy (non-hydrogen) atoms. The summed E-state index contributed by atoms with van der Waals surface area (Å²) in [4.78, 5) is 12.6. The summed E-state index contributed by atoms with van der Waals surface area (Å²) in [5.74, 6) is 1.35. The molecule has 0 saturated carbocycles. The molecule has 2 heterocycles. The predicted octanol–water partition coefficient (Wildman–Crippen LogP) is 3.35. The number of methoxy groups -OCH3 is 2. The fraction of sp³-hybridized carbons (Fsp3) is 0.111. The zero-order valence-electron chi connectivity index (χ0n) is 13.1. The van der Waals surface area contributed by atoms with Crippen molar-refractivity contribution in [1.82, 2.24) is 10.2 Å². The minimum atomic E-state index is -0.196. The molecule has 0 unspecified atom stereocenters. The highest BCUT2D eigenvalue weighted by molar-refractivity contribution is 5.93. The van der Waals surface area contributed by atoms with Crippen molar-refractivity contribution in [2.24, 2.45) is 0 Å². The van der Waals surface area contributed by atoms with Gasteiger partial charge in [0, 0.05) is 23.6 Å². The van der Waals surface area contributed by atoms with Crippen LogP contribution in [0.25, 0.3) is 33.3 Å². The van der Waals surface area contributed by atoms with E-state index in [-0.39, 0.29) is 5.43 Å². The highest BCUT2D eigenvalue weighted by Gasteiger charge is 2.16. The number of hydrogen-bond acceptors (Lipinski definition) is 5. The molecular formula is C18H14N2O4. The molecule has 4 rings (SSSR count). The lowest BCUT2D eigenvalue weighted by atomic mass is 10.1. The third-order valence-electron chi connectivity index (χ3n) is 3.93. The Balaban J connectivity index is 2.03. The van der Waals surface area contributed by atoms with Crippen molar-refractivity contribution < 1.29 is 13.9 Å². The lowest BCUT2D eigenvalue weighted by molar-refractivity contribution is 0.396. The van der Waals surface area contributed by atoms with Gasteiger partial charge in [-0.15, -0.1) is 0 Å². The van der Waals surface area contributed by atoms with Crippen LogP contribution in [0.2, 0.25) is 0 Å².